The molecule has 0 N–H and O–H groups in total. The molecule has 0 saturated carbocycles. The molecule has 5 heterocycles. The van der Waals surface area contributed by atoms with E-state index in [1.165, 1.54) is 46.5 Å². The van der Waals surface area contributed by atoms with Gasteiger partial charge in [0, 0.05) is 74.2 Å². The molecule has 0 aliphatic carbocycles. The lowest BCUT2D eigenvalue weighted by Gasteiger charge is -2.39. The largest absolute Gasteiger partial charge is 0.368 e. The van der Waals surface area contributed by atoms with Gasteiger partial charge in [-0.25, -0.2) is 4.98 Å². The molecule has 8 nitrogen and oxygen atoms in total. The minimum absolute atomic E-state index is 0.0172. The standard InChI is InChI=1S/C36H44N6O2/c1-3-34(43)40-21-19-39(20-22-40)33-23-30(36(44)42-17-8-12-28(42)24-38-15-4-5-16-38)37-31-25-41(18-14-29(31)33)32-13-7-11-27-10-6-9-26(2)35(27)32/h3,6-7,9-11,13,23,28H,1,4-5,8,12,14-22,24-25H2,2H3. The second kappa shape index (κ2) is 12.2. The summed E-state index contributed by atoms with van der Waals surface area (Å²) in [6.45, 7) is 14.2. The van der Waals surface area contributed by atoms with Gasteiger partial charge in [-0.05, 0) is 81.3 Å². The van der Waals surface area contributed by atoms with E-state index < -0.39 is 0 Å². The van der Waals surface area contributed by atoms with E-state index in [0.717, 1.165) is 76.5 Å². The van der Waals surface area contributed by atoms with Crippen molar-refractivity contribution in [2.45, 2.75) is 51.6 Å². The number of benzene rings is 2. The van der Waals surface area contributed by atoms with Crippen LogP contribution in [0.3, 0.4) is 0 Å². The molecular formula is C36H44N6O2. The van der Waals surface area contributed by atoms with Crippen molar-refractivity contribution in [1.29, 1.82) is 0 Å². The zero-order valence-corrected chi connectivity index (χ0v) is 26.0. The van der Waals surface area contributed by atoms with Gasteiger partial charge < -0.3 is 24.5 Å². The smallest absolute Gasteiger partial charge is 0.272 e. The molecule has 4 aliphatic rings. The third-order valence-electron chi connectivity index (χ3n) is 10.2. The third kappa shape index (κ3) is 5.45. The Labute approximate surface area is 260 Å². The van der Waals surface area contributed by atoms with Crippen molar-refractivity contribution >= 4 is 34.0 Å². The Bertz CT molecular complexity index is 1570. The molecule has 0 bridgehead atoms. The molecule has 1 aromatic heterocycles. The van der Waals surface area contributed by atoms with Crippen LogP contribution in [0.1, 0.15) is 53.0 Å². The molecule has 44 heavy (non-hydrogen) atoms. The average molecular weight is 593 g/mol. The summed E-state index contributed by atoms with van der Waals surface area (Å²) in [5, 5.41) is 2.53. The maximum absolute atomic E-state index is 14.3. The Morgan fingerprint density at radius 2 is 1.68 bits per heavy atom. The topological polar surface area (TPSA) is 63.2 Å². The molecular weight excluding hydrogens is 548 g/mol. The molecule has 4 aliphatic heterocycles. The van der Waals surface area contributed by atoms with Crippen LogP contribution in [0, 0.1) is 6.92 Å². The minimum atomic E-state index is -0.0172. The van der Waals surface area contributed by atoms with E-state index in [1.807, 2.05) is 4.90 Å². The number of hydrogen-bond donors (Lipinski definition) is 0. The molecule has 2 aromatic carbocycles. The normalized spacial score (nSPS) is 20.8. The van der Waals surface area contributed by atoms with E-state index in [9.17, 15) is 9.59 Å². The minimum Gasteiger partial charge on any atom is -0.368 e. The lowest BCUT2D eigenvalue weighted by atomic mass is 9.97. The van der Waals surface area contributed by atoms with Gasteiger partial charge in [0.15, 0.2) is 0 Å². The van der Waals surface area contributed by atoms with Gasteiger partial charge in [0.25, 0.3) is 5.91 Å². The van der Waals surface area contributed by atoms with E-state index in [4.69, 9.17) is 4.98 Å². The lowest BCUT2D eigenvalue weighted by Crippen LogP contribution is -2.49. The highest BCUT2D eigenvalue weighted by molar-refractivity contribution is 5.97. The molecule has 0 spiro atoms. The number of hydrogen-bond acceptors (Lipinski definition) is 6. The van der Waals surface area contributed by atoms with Crippen LogP contribution in [-0.2, 0) is 17.8 Å². The SMILES string of the molecule is C=CC(=O)N1CCN(c2cc(C(=O)N3CCCC3CN3CCCC3)nc3c2CCN(c2cccc4cccc(C)c24)C3)CC1. The highest BCUT2D eigenvalue weighted by atomic mass is 16.2. The van der Waals surface area contributed by atoms with Crippen molar-refractivity contribution in [3.63, 3.8) is 0 Å². The first-order valence-corrected chi connectivity index (χ1v) is 16.5. The van der Waals surface area contributed by atoms with Crippen LogP contribution >= 0.6 is 0 Å². The number of anilines is 2. The van der Waals surface area contributed by atoms with E-state index >= 15 is 0 Å². The number of carbonyl (C=O) groups excluding carboxylic acids is 2. The van der Waals surface area contributed by atoms with Gasteiger partial charge in [-0.1, -0.05) is 36.9 Å². The predicted molar refractivity (Wildman–Crippen MR) is 176 cm³/mol. The van der Waals surface area contributed by atoms with E-state index in [2.05, 4.69) is 75.6 Å². The average Bonchev–Trinajstić information content (AvgIpc) is 3.76. The van der Waals surface area contributed by atoms with Crippen molar-refractivity contribution in [2.24, 2.45) is 0 Å². The molecule has 3 aromatic rings. The number of amides is 2. The second-order valence-corrected chi connectivity index (χ2v) is 12.9. The maximum Gasteiger partial charge on any atom is 0.272 e. The summed E-state index contributed by atoms with van der Waals surface area (Å²) in [6, 6.07) is 15.4. The number of aromatic nitrogens is 1. The molecule has 1 atom stereocenters. The molecule has 3 saturated heterocycles. The number of aryl methyl sites for hydroxylation is 1. The first-order valence-electron chi connectivity index (χ1n) is 16.5. The summed E-state index contributed by atoms with van der Waals surface area (Å²) in [5.41, 5.74) is 6.43. The van der Waals surface area contributed by atoms with Crippen LogP contribution in [-0.4, -0.2) is 96.4 Å². The fourth-order valence-electron chi connectivity index (χ4n) is 7.89. The number of rotatable bonds is 6. The third-order valence-corrected chi connectivity index (χ3v) is 10.2. The fraction of sp³-hybridized carbons (Fsp3) is 0.472. The molecule has 0 radical (unpaired) electrons. The highest BCUT2D eigenvalue weighted by Gasteiger charge is 2.34. The lowest BCUT2D eigenvalue weighted by molar-refractivity contribution is -0.126. The number of piperazine rings is 1. The molecule has 2 amide bonds. The van der Waals surface area contributed by atoms with Crippen molar-refractivity contribution in [3.8, 4) is 0 Å². The van der Waals surface area contributed by atoms with Gasteiger partial charge in [0.05, 0.1) is 12.2 Å². The Hall–Kier alpha value is -3.91. The van der Waals surface area contributed by atoms with Gasteiger partial charge in [-0.2, -0.15) is 0 Å². The van der Waals surface area contributed by atoms with Crippen molar-refractivity contribution < 1.29 is 9.59 Å². The number of likely N-dealkylation sites (tertiary alicyclic amines) is 2. The Kier molecular flexibility index (Phi) is 8.02. The Balaban J connectivity index is 1.22. The zero-order valence-electron chi connectivity index (χ0n) is 26.0. The first-order chi connectivity index (χ1) is 21.5. The van der Waals surface area contributed by atoms with E-state index in [0.29, 0.717) is 25.3 Å². The van der Waals surface area contributed by atoms with Crippen LogP contribution in [0.4, 0.5) is 11.4 Å². The Morgan fingerprint density at radius 1 is 0.909 bits per heavy atom. The quantitative estimate of drug-likeness (QED) is 0.389. The Morgan fingerprint density at radius 3 is 2.45 bits per heavy atom. The summed E-state index contributed by atoms with van der Waals surface area (Å²) in [6.07, 6.45) is 6.90. The van der Waals surface area contributed by atoms with Gasteiger partial charge >= 0.3 is 0 Å². The molecule has 3 fully saturated rings. The molecule has 8 heteroatoms. The summed E-state index contributed by atoms with van der Waals surface area (Å²) in [4.78, 5) is 43.0. The van der Waals surface area contributed by atoms with E-state index in [1.54, 1.807) is 0 Å². The van der Waals surface area contributed by atoms with Crippen LogP contribution in [0.5, 0.6) is 0 Å². The maximum atomic E-state index is 14.3. The fourth-order valence-corrected chi connectivity index (χ4v) is 7.89. The number of fused-ring (bicyclic) bond motifs is 2. The van der Waals surface area contributed by atoms with Gasteiger partial charge in [-0.15, -0.1) is 0 Å². The zero-order chi connectivity index (χ0) is 30.2. The van der Waals surface area contributed by atoms with Crippen molar-refractivity contribution in [3.05, 3.63) is 77.6 Å². The number of nitrogens with zero attached hydrogens (tertiary/aromatic N) is 6. The molecule has 7 rings (SSSR count). The van der Waals surface area contributed by atoms with Gasteiger partial charge in [0.2, 0.25) is 5.91 Å². The number of carbonyl (C=O) groups is 2. The summed E-state index contributed by atoms with van der Waals surface area (Å²) < 4.78 is 0. The second-order valence-electron chi connectivity index (χ2n) is 12.9. The van der Waals surface area contributed by atoms with Crippen molar-refractivity contribution in [2.75, 3.05) is 68.7 Å². The summed E-state index contributed by atoms with van der Waals surface area (Å²) in [7, 11) is 0. The molecule has 1 unspecified atom stereocenters. The molecule has 230 valence electrons. The monoisotopic (exact) mass is 592 g/mol. The van der Waals surface area contributed by atoms with Crippen LogP contribution in [0.25, 0.3) is 10.8 Å². The summed E-state index contributed by atoms with van der Waals surface area (Å²) in [5.74, 6) is 0.0470. The highest BCUT2D eigenvalue weighted by Crippen LogP contribution is 2.36. The van der Waals surface area contributed by atoms with Crippen LogP contribution in [0.2, 0.25) is 0 Å². The number of pyridine rings is 1. The van der Waals surface area contributed by atoms with Gasteiger partial charge in [-0.3, -0.25) is 9.59 Å². The van der Waals surface area contributed by atoms with E-state index in [-0.39, 0.29) is 17.9 Å². The van der Waals surface area contributed by atoms with Crippen LogP contribution in [0.15, 0.2) is 55.1 Å². The predicted octanol–water partition coefficient (Wildman–Crippen LogP) is 4.64. The van der Waals surface area contributed by atoms with Gasteiger partial charge in [0.1, 0.15) is 5.69 Å². The first kappa shape index (κ1) is 28.8. The van der Waals surface area contributed by atoms with Crippen molar-refractivity contribution in [1.82, 2.24) is 19.7 Å². The summed E-state index contributed by atoms with van der Waals surface area (Å²) >= 11 is 0. The van der Waals surface area contributed by atoms with Crippen LogP contribution < -0.4 is 9.80 Å².